The second-order valence-corrected chi connectivity index (χ2v) is 7.23. The van der Waals surface area contributed by atoms with Gasteiger partial charge < -0.3 is 24.4 Å². The van der Waals surface area contributed by atoms with Crippen molar-refractivity contribution in [2.24, 2.45) is 5.92 Å². The lowest BCUT2D eigenvalue weighted by molar-refractivity contribution is -0.00847. The SMILES string of the molecule is COCCOCOc1ccc(C(=O)C(C)C(=O)c2c(O)cc(C(C)C)cc2O)cc1. The fourth-order valence-electron chi connectivity index (χ4n) is 2.83. The van der Waals surface area contributed by atoms with Gasteiger partial charge in [-0.15, -0.1) is 0 Å². The average molecular weight is 416 g/mol. The first kappa shape index (κ1) is 23.4. The molecule has 1 atom stereocenters. The van der Waals surface area contributed by atoms with E-state index in [9.17, 15) is 19.8 Å². The number of Topliss-reactive ketones (excluding diaryl/α,β-unsaturated/α-hetero) is 2. The van der Waals surface area contributed by atoms with Gasteiger partial charge in [0.1, 0.15) is 22.8 Å². The van der Waals surface area contributed by atoms with Gasteiger partial charge in [-0.3, -0.25) is 9.59 Å². The maximum Gasteiger partial charge on any atom is 0.189 e. The monoisotopic (exact) mass is 416 g/mol. The van der Waals surface area contributed by atoms with Crippen molar-refractivity contribution in [3.05, 3.63) is 53.1 Å². The number of phenolic OH excluding ortho intramolecular Hbond substituents is 2. The Balaban J connectivity index is 2.07. The molecule has 0 heterocycles. The normalized spacial score (nSPS) is 12.0. The lowest BCUT2D eigenvalue weighted by Crippen LogP contribution is -2.21. The Morgan fingerprint density at radius 2 is 1.53 bits per heavy atom. The number of hydrogen-bond donors (Lipinski definition) is 2. The molecule has 7 heteroatoms. The van der Waals surface area contributed by atoms with Gasteiger partial charge in [0.2, 0.25) is 0 Å². The summed E-state index contributed by atoms with van der Waals surface area (Å²) in [6, 6.07) is 9.20. The van der Waals surface area contributed by atoms with Gasteiger partial charge in [0.15, 0.2) is 18.4 Å². The summed E-state index contributed by atoms with van der Waals surface area (Å²) < 4.78 is 15.5. The highest BCUT2D eigenvalue weighted by molar-refractivity contribution is 6.17. The van der Waals surface area contributed by atoms with Gasteiger partial charge in [-0.1, -0.05) is 13.8 Å². The molecule has 2 rings (SSSR count). The predicted molar refractivity (Wildman–Crippen MR) is 111 cm³/mol. The Labute approximate surface area is 176 Å². The van der Waals surface area contributed by atoms with Crippen LogP contribution in [0.4, 0.5) is 0 Å². The summed E-state index contributed by atoms with van der Waals surface area (Å²) in [5, 5.41) is 20.5. The molecule has 2 aromatic carbocycles. The molecule has 0 radical (unpaired) electrons. The maximum atomic E-state index is 12.8. The van der Waals surface area contributed by atoms with Crippen molar-refractivity contribution in [2.45, 2.75) is 26.7 Å². The minimum absolute atomic E-state index is 0.0521. The molecule has 2 aromatic rings. The van der Waals surface area contributed by atoms with Crippen LogP contribution >= 0.6 is 0 Å². The zero-order valence-corrected chi connectivity index (χ0v) is 17.7. The number of aromatic hydroxyl groups is 2. The first-order chi connectivity index (χ1) is 14.3. The quantitative estimate of drug-likeness (QED) is 0.248. The Morgan fingerprint density at radius 1 is 0.933 bits per heavy atom. The molecule has 30 heavy (non-hydrogen) atoms. The third-order valence-corrected chi connectivity index (χ3v) is 4.70. The van der Waals surface area contributed by atoms with Crippen LogP contribution in [0.15, 0.2) is 36.4 Å². The highest BCUT2D eigenvalue weighted by Gasteiger charge is 2.28. The van der Waals surface area contributed by atoms with Crippen LogP contribution in [0.25, 0.3) is 0 Å². The second-order valence-electron chi connectivity index (χ2n) is 7.23. The van der Waals surface area contributed by atoms with Crippen molar-refractivity contribution in [1.29, 1.82) is 0 Å². The van der Waals surface area contributed by atoms with Crippen molar-refractivity contribution in [3.8, 4) is 17.2 Å². The molecule has 0 aliphatic carbocycles. The number of ether oxygens (including phenoxy) is 3. The van der Waals surface area contributed by atoms with Gasteiger partial charge >= 0.3 is 0 Å². The van der Waals surface area contributed by atoms with E-state index in [0.717, 1.165) is 0 Å². The molecule has 162 valence electrons. The Bertz CT molecular complexity index is 849. The fourth-order valence-corrected chi connectivity index (χ4v) is 2.83. The molecule has 1 unspecified atom stereocenters. The Kier molecular flexibility index (Phi) is 8.38. The van der Waals surface area contributed by atoms with Gasteiger partial charge in [0, 0.05) is 12.7 Å². The number of benzene rings is 2. The van der Waals surface area contributed by atoms with Gasteiger partial charge in [-0.2, -0.15) is 0 Å². The number of carbonyl (C=O) groups is 2. The Hall–Kier alpha value is -2.90. The van der Waals surface area contributed by atoms with Crippen LogP contribution in [0, 0.1) is 5.92 Å². The van der Waals surface area contributed by atoms with Crippen LogP contribution in [0.1, 0.15) is 53.0 Å². The summed E-state index contributed by atoms with van der Waals surface area (Å²) in [5.41, 5.74) is 0.775. The van der Waals surface area contributed by atoms with E-state index in [2.05, 4.69) is 0 Å². The van der Waals surface area contributed by atoms with Crippen molar-refractivity contribution in [2.75, 3.05) is 27.1 Å². The van der Waals surface area contributed by atoms with E-state index in [4.69, 9.17) is 14.2 Å². The summed E-state index contributed by atoms with van der Waals surface area (Å²) in [6.07, 6.45) is 0. The molecule has 0 bridgehead atoms. The van der Waals surface area contributed by atoms with E-state index < -0.39 is 17.5 Å². The van der Waals surface area contributed by atoms with Gasteiger partial charge in [-0.05, 0) is 54.8 Å². The minimum Gasteiger partial charge on any atom is -0.507 e. The highest BCUT2D eigenvalue weighted by atomic mass is 16.7. The van der Waals surface area contributed by atoms with E-state index in [-0.39, 0.29) is 29.8 Å². The van der Waals surface area contributed by atoms with E-state index in [1.54, 1.807) is 31.4 Å². The van der Waals surface area contributed by atoms with E-state index in [1.165, 1.54) is 19.1 Å². The topological polar surface area (TPSA) is 102 Å². The number of ketones is 2. The number of rotatable bonds is 11. The standard InChI is InChI=1S/C23H28O7/c1-14(2)17-11-19(24)21(20(25)12-17)23(27)15(3)22(26)16-5-7-18(8-6-16)30-13-29-10-9-28-4/h5-8,11-12,14-15,24-25H,9-10,13H2,1-4H3. The van der Waals surface area contributed by atoms with Crippen LogP contribution in [0.2, 0.25) is 0 Å². The third kappa shape index (κ3) is 5.81. The predicted octanol–water partition coefficient (Wildman–Crippen LogP) is 3.92. The third-order valence-electron chi connectivity index (χ3n) is 4.70. The summed E-state index contributed by atoms with van der Waals surface area (Å²) >= 11 is 0. The van der Waals surface area contributed by atoms with Crippen molar-refractivity contribution in [1.82, 2.24) is 0 Å². The zero-order valence-electron chi connectivity index (χ0n) is 17.7. The number of methoxy groups -OCH3 is 1. The molecule has 2 N–H and O–H groups in total. The fraction of sp³-hybridized carbons (Fsp3) is 0.391. The molecule has 0 amide bonds. The summed E-state index contributed by atoms with van der Waals surface area (Å²) in [4.78, 5) is 25.5. The van der Waals surface area contributed by atoms with E-state index >= 15 is 0 Å². The maximum absolute atomic E-state index is 12.8. The minimum atomic E-state index is -1.07. The van der Waals surface area contributed by atoms with Gasteiger partial charge in [-0.25, -0.2) is 0 Å². The molecule has 0 saturated carbocycles. The molecule has 0 spiro atoms. The van der Waals surface area contributed by atoms with E-state index in [0.29, 0.717) is 30.1 Å². The lowest BCUT2D eigenvalue weighted by atomic mass is 9.89. The smallest absolute Gasteiger partial charge is 0.189 e. The molecule has 7 nitrogen and oxygen atoms in total. The Morgan fingerprint density at radius 3 is 2.07 bits per heavy atom. The number of hydrogen-bond acceptors (Lipinski definition) is 7. The molecule has 0 aliphatic heterocycles. The zero-order chi connectivity index (χ0) is 22.3. The molecular weight excluding hydrogens is 388 g/mol. The van der Waals surface area contributed by atoms with Crippen LogP contribution in [-0.2, 0) is 9.47 Å². The molecular formula is C23H28O7. The van der Waals surface area contributed by atoms with Gasteiger partial charge in [0.25, 0.3) is 0 Å². The summed E-state index contributed by atoms with van der Waals surface area (Å²) in [7, 11) is 1.58. The van der Waals surface area contributed by atoms with Crippen LogP contribution in [0.5, 0.6) is 17.2 Å². The van der Waals surface area contributed by atoms with Crippen molar-refractivity contribution < 1.29 is 34.0 Å². The summed E-state index contributed by atoms with van der Waals surface area (Å²) in [5.74, 6) is -2.22. The van der Waals surface area contributed by atoms with Gasteiger partial charge in [0.05, 0.1) is 19.1 Å². The molecule has 0 saturated heterocycles. The van der Waals surface area contributed by atoms with Crippen LogP contribution in [-0.4, -0.2) is 48.9 Å². The number of carbonyl (C=O) groups excluding carboxylic acids is 2. The largest absolute Gasteiger partial charge is 0.507 e. The molecule has 0 aromatic heterocycles. The lowest BCUT2D eigenvalue weighted by Gasteiger charge is -2.15. The van der Waals surface area contributed by atoms with Crippen molar-refractivity contribution >= 4 is 11.6 Å². The highest BCUT2D eigenvalue weighted by Crippen LogP contribution is 2.34. The first-order valence-electron chi connectivity index (χ1n) is 9.70. The average Bonchev–Trinajstić information content (AvgIpc) is 2.72. The second kappa shape index (κ2) is 10.8. The van der Waals surface area contributed by atoms with Crippen molar-refractivity contribution in [3.63, 3.8) is 0 Å². The summed E-state index contributed by atoms with van der Waals surface area (Å²) in [6.45, 7) is 6.19. The van der Waals surface area contributed by atoms with E-state index in [1.807, 2.05) is 13.8 Å². The van der Waals surface area contributed by atoms with Crippen LogP contribution in [0.3, 0.4) is 0 Å². The molecule has 0 aliphatic rings. The first-order valence-corrected chi connectivity index (χ1v) is 9.70. The van der Waals surface area contributed by atoms with Crippen LogP contribution < -0.4 is 4.74 Å². The molecule has 0 fully saturated rings. The number of phenols is 2.